The van der Waals surface area contributed by atoms with E-state index in [0.29, 0.717) is 12.3 Å². The van der Waals surface area contributed by atoms with Crippen molar-refractivity contribution in [2.75, 3.05) is 14.2 Å². The number of likely N-dealkylation sites (N-methyl/N-ethyl adjacent to an activating group) is 1. The molecule has 2 amide bonds. The molecular weight excluding hydrogens is 236 g/mol. The van der Waals surface area contributed by atoms with Gasteiger partial charge >= 0.3 is 6.09 Å². The van der Waals surface area contributed by atoms with E-state index in [2.05, 4.69) is 5.32 Å². The van der Waals surface area contributed by atoms with E-state index in [0.717, 1.165) is 29.7 Å². The largest absolute Gasteiger partial charge is 0.465 e. The molecule has 0 spiro atoms. The van der Waals surface area contributed by atoms with E-state index in [-0.39, 0.29) is 5.91 Å². The van der Waals surface area contributed by atoms with Crippen molar-refractivity contribution in [1.29, 1.82) is 0 Å². The van der Waals surface area contributed by atoms with Crippen LogP contribution in [0.15, 0.2) is 0 Å². The van der Waals surface area contributed by atoms with E-state index in [1.807, 2.05) is 0 Å². The normalized spacial score (nSPS) is 30.4. The van der Waals surface area contributed by atoms with Crippen molar-refractivity contribution in [3.8, 4) is 0 Å². The van der Waals surface area contributed by atoms with Gasteiger partial charge in [0.15, 0.2) is 0 Å². The number of nitrogens with zero attached hydrogens (tertiary/aromatic N) is 1. The Balaban J connectivity index is 1.91. The second kappa shape index (κ2) is 5.14. The van der Waals surface area contributed by atoms with Crippen molar-refractivity contribution < 1.29 is 19.5 Å². The van der Waals surface area contributed by atoms with E-state index >= 15 is 0 Å². The highest BCUT2D eigenvalue weighted by Gasteiger charge is 2.46. The van der Waals surface area contributed by atoms with Crippen LogP contribution in [0.3, 0.4) is 0 Å². The highest BCUT2D eigenvalue weighted by atomic mass is 16.7. The lowest BCUT2D eigenvalue weighted by Crippen LogP contribution is -2.47. The average molecular weight is 256 g/mol. The van der Waals surface area contributed by atoms with Gasteiger partial charge in [0.1, 0.15) is 6.04 Å². The van der Waals surface area contributed by atoms with Gasteiger partial charge in [0.05, 0.1) is 7.11 Å². The van der Waals surface area contributed by atoms with Crippen molar-refractivity contribution >= 4 is 12.0 Å². The van der Waals surface area contributed by atoms with Gasteiger partial charge < -0.3 is 10.4 Å². The fourth-order valence-electron chi connectivity index (χ4n) is 3.05. The molecule has 102 valence electrons. The topological polar surface area (TPSA) is 78.9 Å². The summed E-state index contributed by atoms with van der Waals surface area (Å²) >= 11 is 0. The molecule has 4 atom stereocenters. The predicted octanol–water partition coefficient (Wildman–Crippen LogP) is 1.08. The van der Waals surface area contributed by atoms with Gasteiger partial charge in [-0.1, -0.05) is 0 Å². The third-order valence-corrected chi connectivity index (χ3v) is 4.09. The molecule has 6 heteroatoms. The van der Waals surface area contributed by atoms with Crippen molar-refractivity contribution in [2.45, 2.75) is 31.7 Å². The van der Waals surface area contributed by atoms with Gasteiger partial charge in [0.25, 0.3) is 5.91 Å². The Hall–Kier alpha value is -1.30. The maximum absolute atomic E-state index is 12.0. The number of carbonyl (C=O) groups excluding carboxylic acids is 1. The van der Waals surface area contributed by atoms with Gasteiger partial charge in [0, 0.05) is 7.05 Å². The molecule has 0 aliphatic heterocycles. The number of hydroxylamine groups is 2. The Kier molecular flexibility index (Phi) is 3.75. The average Bonchev–Trinajstić information content (AvgIpc) is 2.93. The van der Waals surface area contributed by atoms with Crippen LogP contribution in [0.2, 0.25) is 0 Å². The van der Waals surface area contributed by atoms with Crippen LogP contribution < -0.4 is 5.32 Å². The molecule has 18 heavy (non-hydrogen) atoms. The molecule has 2 aliphatic rings. The van der Waals surface area contributed by atoms with E-state index in [1.54, 1.807) is 0 Å². The maximum atomic E-state index is 12.0. The number of rotatable bonds is 5. The summed E-state index contributed by atoms with van der Waals surface area (Å²) in [5.74, 6) is 1.78. The Morgan fingerprint density at radius 1 is 1.39 bits per heavy atom. The molecule has 0 saturated heterocycles. The molecule has 0 aromatic carbocycles. The van der Waals surface area contributed by atoms with E-state index in [9.17, 15) is 9.59 Å². The number of hydrogen-bond donors (Lipinski definition) is 2. The molecule has 0 heterocycles. The summed E-state index contributed by atoms with van der Waals surface area (Å²) in [6.07, 6.45) is 2.99. The number of carbonyl (C=O) groups is 2. The lowest BCUT2D eigenvalue weighted by molar-refractivity contribution is -0.171. The first kappa shape index (κ1) is 13.1. The van der Waals surface area contributed by atoms with Crippen LogP contribution >= 0.6 is 0 Å². The molecule has 2 aliphatic carbocycles. The molecule has 0 bridgehead atoms. The van der Waals surface area contributed by atoms with Crippen LogP contribution in [-0.4, -0.2) is 42.4 Å². The van der Waals surface area contributed by atoms with Crippen LogP contribution in [0.25, 0.3) is 0 Å². The minimum atomic E-state index is -1.17. The number of amides is 2. The molecule has 6 nitrogen and oxygen atoms in total. The first-order chi connectivity index (χ1) is 8.51. The van der Waals surface area contributed by atoms with Crippen molar-refractivity contribution in [3.63, 3.8) is 0 Å². The zero-order valence-corrected chi connectivity index (χ0v) is 10.8. The minimum Gasteiger partial charge on any atom is -0.465 e. The first-order valence-electron chi connectivity index (χ1n) is 6.32. The Labute approximate surface area is 106 Å². The molecule has 0 aromatic rings. The van der Waals surface area contributed by atoms with Gasteiger partial charge in [-0.2, -0.15) is 0 Å². The van der Waals surface area contributed by atoms with Crippen LogP contribution in [0.1, 0.15) is 25.7 Å². The summed E-state index contributed by atoms with van der Waals surface area (Å²) in [4.78, 5) is 27.5. The van der Waals surface area contributed by atoms with Crippen LogP contribution in [0.4, 0.5) is 4.79 Å². The monoisotopic (exact) mass is 256 g/mol. The Morgan fingerprint density at radius 3 is 2.50 bits per heavy atom. The van der Waals surface area contributed by atoms with E-state index < -0.39 is 12.1 Å². The highest BCUT2D eigenvalue weighted by molar-refractivity contribution is 5.84. The summed E-state index contributed by atoms with van der Waals surface area (Å²) in [5, 5.41) is 12.2. The van der Waals surface area contributed by atoms with Gasteiger partial charge in [-0.05, 0) is 43.4 Å². The number of nitrogens with one attached hydrogen (secondary N) is 1. The zero-order chi connectivity index (χ0) is 13.3. The standard InChI is InChI=1S/C12H20N2O4/c1-14(18-2)11(15)10(13-12(16)17)5-7-3-8-6-9(8)4-7/h7-10,13H,3-6H2,1-2H3,(H,16,17)/t7?,8-,9+,10-/m0/s1. The number of fused-ring (bicyclic) bond motifs is 1. The van der Waals surface area contributed by atoms with Gasteiger partial charge in [-0.15, -0.1) is 0 Å². The van der Waals surface area contributed by atoms with E-state index in [1.165, 1.54) is 20.6 Å². The summed E-state index contributed by atoms with van der Waals surface area (Å²) in [5.41, 5.74) is 0. The SMILES string of the molecule is CON(C)C(=O)[C@H](CC1C[C@@H]2C[C@@H]2C1)NC(=O)O. The molecule has 2 fully saturated rings. The maximum Gasteiger partial charge on any atom is 0.405 e. The highest BCUT2D eigenvalue weighted by Crippen LogP contribution is 2.55. The van der Waals surface area contributed by atoms with E-state index in [4.69, 9.17) is 9.94 Å². The quantitative estimate of drug-likeness (QED) is 0.721. The lowest BCUT2D eigenvalue weighted by atomic mass is 9.94. The summed E-state index contributed by atoms with van der Waals surface area (Å²) in [7, 11) is 2.88. The molecule has 2 N–H and O–H groups in total. The first-order valence-corrected chi connectivity index (χ1v) is 6.32. The predicted molar refractivity (Wildman–Crippen MR) is 63.7 cm³/mol. The molecule has 1 unspecified atom stereocenters. The molecule has 0 radical (unpaired) electrons. The second-order valence-corrected chi connectivity index (χ2v) is 5.35. The van der Waals surface area contributed by atoms with Crippen LogP contribution in [-0.2, 0) is 9.63 Å². The Bertz CT molecular complexity index is 337. The second-order valence-electron chi connectivity index (χ2n) is 5.35. The van der Waals surface area contributed by atoms with Gasteiger partial charge in [-0.3, -0.25) is 9.63 Å². The molecule has 2 rings (SSSR count). The van der Waals surface area contributed by atoms with Crippen molar-refractivity contribution in [2.24, 2.45) is 17.8 Å². The fraction of sp³-hybridized carbons (Fsp3) is 0.833. The van der Waals surface area contributed by atoms with Crippen molar-refractivity contribution in [1.82, 2.24) is 10.4 Å². The Morgan fingerprint density at radius 2 is 2.00 bits per heavy atom. The number of carboxylic acid groups (broad SMARTS) is 1. The third-order valence-electron chi connectivity index (χ3n) is 4.09. The van der Waals surface area contributed by atoms with Crippen molar-refractivity contribution in [3.05, 3.63) is 0 Å². The summed E-state index contributed by atoms with van der Waals surface area (Å²) in [6.45, 7) is 0. The molecule has 0 aromatic heterocycles. The van der Waals surface area contributed by atoms with Crippen LogP contribution in [0.5, 0.6) is 0 Å². The van der Waals surface area contributed by atoms with Gasteiger partial charge in [0.2, 0.25) is 0 Å². The van der Waals surface area contributed by atoms with Gasteiger partial charge in [-0.25, -0.2) is 9.86 Å². The minimum absolute atomic E-state index is 0.333. The summed E-state index contributed by atoms with van der Waals surface area (Å²) in [6, 6.07) is -0.699. The van der Waals surface area contributed by atoms with Crippen LogP contribution in [0, 0.1) is 17.8 Å². The lowest BCUT2D eigenvalue weighted by Gasteiger charge is -2.24. The fourth-order valence-corrected chi connectivity index (χ4v) is 3.05. The molecule has 2 saturated carbocycles. The zero-order valence-electron chi connectivity index (χ0n) is 10.8. The third kappa shape index (κ3) is 2.93. The molecular formula is C12H20N2O4. The number of hydrogen-bond acceptors (Lipinski definition) is 3. The summed E-state index contributed by atoms with van der Waals surface area (Å²) < 4.78 is 0. The smallest absolute Gasteiger partial charge is 0.405 e.